The van der Waals surface area contributed by atoms with Crippen molar-refractivity contribution in [3.8, 4) is 0 Å². The first-order chi connectivity index (χ1) is 8.24. The van der Waals surface area contributed by atoms with Crippen LogP contribution in [0.5, 0.6) is 0 Å². The number of rotatable bonds is 7. The van der Waals surface area contributed by atoms with Gasteiger partial charge >= 0.3 is 0 Å². The number of hydrogen-bond acceptors (Lipinski definition) is 4. The van der Waals surface area contributed by atoms with Gasteiger partial charge in [0.15, 0.2) is 0 Å². The van der Waals surface area contributed by atoms with E-state index in [4.69, 9.17) is 15.2 Å². The van der Waals surface area contributed by atoms with Gasteiger partial charge in [0.1, 0.15) is 0 Å². The first kappa shape index (κ1) is 14.4. The van der Waals surface area contributed by atoms with E-state index in [1.807, 2.05) is 4.90 Å². The Morgan fingerprint density at radius 2 is 2.00 bits per heavy atom. The fourth-order valence-electron chi connectivity index (χ4n) is 1.90. The predicted octanol–water partition coefficient (Wildman–Crippen LogP) is 0.379. The molecule has 0 radical (unpaired) electrons. The Kier molecular flexibility index (Phi) is 7.16. The molecule has 100 valence electrons. The molecule has 1 amide bonds. The summed E-state index contributed by atoms with van der Waals surface area (Å²) in [6.45, 7) is 5.89. The molecule has 0 spiro atoms. The summed E-state index contributed by atoms with van der Waals surface area (Å²) >= 11 is 0. The van der Waals surface area contributed by atoms with Crippen LogP contribution in [0.3, 0.4) is 0 Å². The summed E-state index contributed by atoms with van der Waals surface area (Å²) in [6, 6.07) is 0. The Labute approximate surface area is 103 Å². The third-order valence-electron chi connectivity index (χ3n) is 2.96. The van der Waals surface area contributed by atoms with Crippen LogP contribution in [0.2, 0.25) is 0 Å². The molecule has 1 heterocycles. The molecule has 0 aromatic carbocycles. The van der Waals surface area contributed by atoms with E-state index in [1.54, 1.807) is 6.92 Å². The molecule has 2 N–H and O–H groups in total. The van der Waals surface area contributed by atoms with Crippen molar-refractivity contribution in [1.82, 2.24) is 4.90 Å². The molecule has 0 atom stereocenters. The minimum absolute atomic E-state index is 0.161. The lowest BCUT2D eigenvalue weighted by atomic mass is 10.1. The third kappa shape index (κ3) is 6.00. The fraction of sp³-hybridized carbons (Fsp3) is 0.917. The minimum atomic E-state index is 0.161. The summed E-state index contributed by atoms with van der Waals surface area (Å²) < 4.78 is 11.1. The van der Waals surface area contributed by atoms with Crippen molar-refractivity contribution in [2.24, 2.45) is 5.73 Å². The summed E-state index contributed by atoms with van der Waals surface area (Å²) in [5.74, 6) is 0.161. The number of carbonyl (C=O) groups is 1. The predicted molar refractivity (Wildman–Crippen MR) is 65.7 cm³/mol. The van der Waals surface area contributed by atoms with Gasteiger partial charge in [-0.1, -0.05) is 0 Å². The summed E-state index contributed by atoms with van der Waals surface area (Å²) in [4.78, 5) is 13.0. The zero-order valence-corrected chi connectivity index (χ0v) is 10.7. The van der Waals surface area contributed by atoms with E-state index in [-0.39, 0.29) is 12.0 Å². The van der Waals surface area contributed by atoms with Crippen LogP contribution in [0.1, 0.15) is 26.2 Å². The summed E-state index contributed by atoms with van der Waals surface area (Å²) in [5, 5.41) is 0. The molecule has 5 nitrogen and oxygen atoms in total. The van der Waals surface area contributed by atoms with Gasteiger partial charge in [-0.3, -0.25) is 4.79 Å². The molecule has 0 bridgehead atoms. The molecular weight excluding hydrogens is 220 g/mol. The largest absolute Gasteiger partial charge is 0.379 e. The standard InChI is InChI=1S/C12H24N2O3/c1-11(15)14-6-3-12(4-7-14)17-10-9-16-8-2-5-13/h12H,2-10,13H2,1H3. The second kappa shape index (κ2) is 8.44. The van der Waals surface area contributed by atoms with Gasteiger partial charge in [-0.05, 0) is 25.8 Å². The first-order valence-electron chi connectivity index (χ1n) is 6.39. The van der Waals surface area contributed by atoms with Crippen LogP contribution in [-0.2, 0) is 14.3 Å². The van der Waals surface area contributed by atoms with E-state index in [0.717, 1.165) is 32.4 Å². The van der Waals surface area contributed by atoms with Gasteiger partial charge in [0, 0.05) is 26.6 Å². The van der Waals surface area contributed by atoms with Crippen LogP contribution in [0.25, 0.3) is 0 Å². The number of ether oxygens (including phenoxy) is 2. The molecule has 1 rings (SSSR count). The molecule has 1 saturated heterocycles. The number of piperidine rings is 1. The Balaban J connectivity index is 1.97. The van der Waals surface area contributed by atoms with Gasteiger partial charge in [0.2, 0.25) is 5.91 Å². The van der Waals surface area contributed by atoms with E-state index in [0.29, 0.717) is 26.4 Å². The van der Waals surface area contributed by atoms with E-state index >= 15 is 0 Å². The van der Waals surface area contributed by atoms with Crippen molar-refractivity contribution in [3.05, 3.63) is 0 Å². The Morgan fingerprint density at radius 3 is 2.59 bits per heavy atom. The highest BCUT2D eigenvalue weighted by Gasteiger charge is 2.20. The molecular formula is C12H24N2O3. The third-order valence-corrected chi connectivity index (χ3v) is 2.96. The zero-order chi connectivity index (χ0) is 12.5. The lowest BCUT2D eigenvalue weighted by molar-refractivity contribution is -0.131. The molecule has 17 heavy (non-hydrogen) atoms. The smallest absolute Gasteiger partial charge is 0.219 e. The lowest BCUT2D eigenvalue weighted by Crippen LogP contribution is -2.39. The van der Waals surface area contributed by atoms with Crippen LogP contribution in [0.4, 0.5) is 0 Å². The maximum absolute atomic E-state index is 11.1. The monoisotopic (exact) mass is 244 g/mol. The van der Waals surface area contributed by atoms with Crippen molar-refractivity contribution in [2.75, 3.05) is 39.5 Å². The van der Waals surface area contributed by atoms with Crippen LogP contribution in [0, 0.1) is 0 Å². The summed E-state index contributed by atoms with van der Waals surface area (Å²) in [6.07, 6.45) is 3.05. The summed E-state index contributed by atoms with van der Waals surface area (Å²) in [7, 11) is 0. The van der Waals surface area contributed by atoms with Crippen LogP contribution in [-0.4, -0.2) is 56.4 Å². The molecule has 0 aliphatic carbocycles. The second-order valence-corrected chi connectivity index (χ2v) is 4.33. The number of carbonyl (C=O) groups excluding carboxylic acids is 1. The number of amides is 1. The van der Waals surface area contributed by atoms with Crippen LogP contribution in [0.15, 0.2) is 0 Å². The molecule has 0 aromatic rings. The lowest BCUT2D eigenvalue weighted by Gasteiger charge is -2.31. The van der Waals surface area contributed by atoms with Crippen molar-refractivity contribution < 1.29 is 14.3 Å². The van der Waals surface area contributed by atoms with Gasteiger partial charge in [0.05, 0.1) is 19.3 Å². The summed E-state index contributed by atoms with van der Waals surface area (Å²) in [5.41, 5.74) is 5.35. The van der Waals surface area contributed by atoms with Crippen molar-refractivity contribution in [1.29, 1.82) is 0 Å². The van der Waals surface area contributed by atoms with Gasteiger partial charge in [-0.2, -0.15) is 0 Å². The van der Waals surface area contributed by atoms with E-state index in [9.17, 15) is 4.79 Å². The molecule has 1 aliphatic rings. The average molecular weight is 244 g/mol. The van der Waals surface area contributed by atoms with Crippen molar-refractivity contribution in [2.45, 2.75) is 32.3 Å². The minimum Gasteiger partial charge on any atom is -0.379 e. The van der Waals surface area contributed by atoms with Gasteiger partial charge in [-0.15, -0.1) is 0 Å². The Bertz CT molecular complexity index is 216. The van der Waals surface area contributed by atoms with Gasteiger partial charge in [-0.25, -0.2) is 0 Å². The maximum Gasteiger partial charge on any atom is 0.219 e. The SMILES string of the molecule is CC(=O)N1CCC(OCCOCCCN)CC1. The Hall–Kier alpha value is -0.650. The van der Waals surface area contributed by atoms with Crippen molar-refractivity contribution >= 4 is 5.91 Å². The van der Waals surface area contributed by atoms with Gasteiger partial charge < -0.3 is 20.1 Å². The maximum atomic E-state index is 11.1. The highest BCUT2D eigenvalue weighted by molar-refractivity contribution is 5.73. The number of nitrogens with zero attached hydrogens (tertiary/aromatic N) is 1. The number of likely N-dealkylation sites (tertiary alicyclic amines) is 1. The topological polar surface area (TPSA) is 64.8 Å². The van der Waals surface area contributed by atoms with E-state index < -0.39 is 0 Å². The molecule has 0 aromatic heterocycles. The molecule has 5 heteroatoms. The second-order valence-electron chi connectivity index (χ2n) is 4.33. The number of hydrogen-bond donors (Lipinski definition) is 1. The van der Waals surface area contributed by atoms with Gasteiger partial charge in [0.25, 0.3) is 0 Å². The molecule has 1 fully saturated rings. The molecule has 0 saturated carbocycles. The van der Waals surface area contributed by atoms with Crippen LogP contribution < -0.4 is 5.73 Å². The molecule has 0 unspecified atom stereocenters. The van der Waals surface area contributed by atoms with E-state index in [2.05, 4.69) is 0 Å². The fourth-order valence-corrected chi connectivity index (χ4v) is 1.90. The average Bonchev–Trinajstić information content (AvgIpc) is 2.34. The first-order valence-corrected chi connectivity index (χ1v) is 6.39. The quantitative estimate of drug-likeness (QED) is 0.658. The highest BCUT2D eigenvalue weighted by atomic mass is 16.5. The number of nitrogens with two attached hydrogens (primary N) is 1. The Morgan fingerprint density at radius 1 is 1.29 bits per heavy atom. The zero-order valence-electron chi connectivity index (χ0n) is 10.7. The van der Waals surface area contributed by atoms with Crippen molar-refractivity contribution in [3.63, 3.8) is 0 Å². The van der Waals surface area contributed by atoms with E-state index in [1.165, 1.54) is 0 Å². The molecule has 1 aliphatic heterocycles. The normalized spacial score (nSPS) is 17.4. The highest BCUT2D eigenvalue weighted by Crippen LogP contribution is 2.13. The van der Waals surface area contributed by atoms with Crippen LogP contribution >= 0.6 is 0 Å².